The molecule has 116 valence electrons. The molecule has 1 amide bonds. The van der Waals surface area contributed by atoms with Crippen LogP contribution >= 0.6 is 0 Å². The van der Waals surface area contributed by atoms with E-state index in [9.17, 15) is 9.59 Å². The van der Waals surface area contributed by atoms with Gasteiger partial charge < -0.3 is 20.5 Å². The molecule has 0 aromatic rings. The molecule has 0 saturated carbocycles. The van der Waals surface area contributed by atoms with Crippen molar-refractivity contribution in [2.45, 2.75) is 38.8 Å². The molecule has 1 heterocycles. The number of nitrogens with zero attached hydrogens (tertiary/aromatic N) is 1. The van der Waals surface area contributed by atoms with Gasteiger partial charge in [0, 0.05) is 19.4 Å². The van der Waals surface area contributed by atoms with Gasteiger partial charge in [0.15, 0.2) is 0 Å². The monoisotopic (exact) mass is 295 g/mol. The van der Waals surface area contributed by atoms with Crippen molar-refractivity contribution < 1.29 is 19.4 Å². The molecule has 1 aliphatic rings. The number of carboxylic acids is 1. The van der Waals surface area contributed by atoms with Crippen molar-refractivity contribution in [3.05, 3.63) is 11.8 Å². The molecule has 0 spiro atoms. The van der Waals surface area contributed by atoms with Crippen molar-refractivity contribution in [1.29, 1.82) is 5.26 Å². The molecule has 7 heteroatoms. The summed E-state index contributed by atoms with van der Waals surface area (Å²) in [6.45, 7) is 4.52. The zero-order chi connectivity index (χ0) is 15.8. The van der Waals surface area contributed by atoms with Crippen molar-refractivity contribution in [1.82, 2.24) is 10.6 Å². The van der Waals surface area contributed by atoms with Gasteiger partial charge in [-0.25, -0.2) is 4.79 Å². The lowest BCUT2D eigenvalue weighted by atomic mass is 10.1. The zero-order valence-electron chi connectivity index (χ0n) is 12.3. The third-order valence-electron chi connectivity index (χ3n) is 3.22. The predicted molar refractivity (Wildman–Crippen MR) is 75.1 cm³/mol. The number of rotatable bonds is 7. The molecule has 1 fully saturated rings. The Morgan fingerprint density at radius 3 is 2.71 bits per heavy atom. The SMILES string of the molecule is CC(C)C(N/C=C(/C#N)C(=O)NCC1CCCO1)C(=O)O. The molecule has 0 radical (unpaired) electrons. The first-order valence-corrected chi connectivity index (χ1v) is 6.94. The highest BCUT2D eigenvalue weighted by molar-refractivity contribution is 5.97. The maximum Gasteiger partial charge on any atom is 0.326 e. The van der Waals surface area contributed by atoms with E-state index in [1.165, 1.54) is 0 Å². The Hall–Kier alpha value is -2.07. The van der Waals surface area contributed by atoms with Gasteiger partial charge in [0.1, 0.15) is 17.7 Å². The largest absolute Gasteiger partial charge is 0.480 e. The summed E-state index contributed by atoms with van der Waals surface area (Å²) in [4.78, 5) is 22.9. The van der Waals surface area contributed by atoms with E-state index in [2.05, 4.69) is 10.6 Å². The fourth-order valence-electron chi connectivity index (χ4n) is 1.98. The number of carbonyl (C=O) groups excluding carboxylic acids is 1. The molecule has 1 aliphatic heterocycles. The van der Waals surface area contributed by atoms with Gasteiger partial charge in [0.2, 0.25) is 0 Å². The molecule has 0 aromatic carbocycles. The number of hydrogen-bond acceptors (Lipinski definition) is 5. The van der Waals surface area contributed by atoms with E-state index in [4.69, 9.17) is 15.1 Å². The van der Waals surface area contributed by atoms with Crippen LogP contribution in [0.4, 0.5) is 0 Å². The first-order valence-electron chi connectivity index (χ1n) is 6.94. The third kappa shape index (κ3) is 5.44. The molecule has 2 atom stereocenters. The molecule has 1 saturated heterocycles. The maximum atomic E-state index is 11.8. The molecule has 3 N–H and O–H groups in total. The van der Waals surface area contributed by atoms with Crippen molar-refractivity contribution in [3.63, 3.8) is 0 Å². The highest BCUT2D eigenvalue weighted by atomic mass is 16.5. The number of ether oxygens (including phenoxy) is 1. The lowest BCUT2D eigenvalue weighted by Gasteiger charge is -2.16. The summed E-state index contributed by atoms with van der Waals surface area (Å²) >= 11 is 0. The summed E-state index contributed by atoms with van der Waals surface area (Å²) in [6.07, 6.45) is 3.00. The Balaban J connectivity index is 2.55. The van der Waals surface area contributed by atoms with Gasteiger partial charge in [-0.1, -0.05) is 13.8 Å². The summed E-state index contributed by atoms with van der Waals surface area (Å²) < 4.78 is 5.37. The smallest absolute Gasteiger partial charge is 0.326 e. The van der Waals surface area contributed by atoms with E-state index in [-0.39, 0.29) is 17.6 Å². The van der Waals surface area contributed by atoms with Gasteiger partial charge in [0.05, 0.1) is 6.10 Å². The number of amides is 1. The Bertz CT molecular complexity index is 448. The summed E-state index contributed by atoms with van der Waals surface area (Å²) in [5, 5.41) is 23.2. The molecular formula is C14H21N3O4. The first kappa shape index (κ1) is 17.0. The zero-order valence-corrected chi connectivity index (χ0v) is 12.3. The third-order valence-corrected chi connectivity index (χ3v) is 3.22. The van der Waals surface area contributed by atoms with Crippen LogP contribution in [-0.4, -0.2) is 42.3 Å². The van der Waals surface area contributed by atoms with E-state index in [0.717, 1.165) is 19.0 Å². The maximum absolute atomic E-state index is 11.8. The fourth-order valence-corrected chi connectivity index (χ4v) is 1.98. The highest BCUT2D eigenvalue weighted by Crippen LogP contribution is 2.10. The number of carbonyl (C=O) groups is 2. The van der Waals surface area contributed by atoms with E-state index >= 15 is 0 Å². The van der Waals surface area contributed by atoms with Crippen molar-refractivity contribution in [2.75, 3.05) is 13.2 Å². The lowest BCUT2D eigenvalue weighted by molar-refractivity contribution is -0.140. The van der Waals surface area contributed by atoms with Crippen molar-refractivity contribution in [3.8, 4) is 6.07 Å². The fraction of sp³-hybridized carbons (Fsp3) is 0.643. The topological polar surface area (TPSA) is 111 Å². The van der Waals surface area contributed by atoms with Crippen molar-refractivity contribution >= 4 is 11.9 Å². The molecule has 2 unspecified atom stereocenters. The minimum Gasteiger partial charge on any atom is -0.480 e. The second kappa shape index (κ2) is 8.27. The number of nitriles is 1. The molecule has 1 rings (SSSR count). The quantitative estimate of drug-likeness (QED) is 0.463. The van der Waals surface area contributed by atoms with Crippen molar-refractivity contribution in [2.24, 2.45) is 5.92 Å². The van der Waals surface area contributed by atoms with Crippen LogP contribution in [0, 0.1) is 17.2 Å². The Morgan fingerprint density at radius 2 is 2.24 bits per heavy atom. The van der Waals surface area contributed by atoms with E-state index in [0.29, 0.717) is 13.2 Å². The van der Waals surface area contributed by atoms with E-state index in [1.807, 2.05) is 0 Å². The summed E-state index contributed by atoms with van der Waals surface area (Å²) in [5.74, 6) is -1.74. The molecule has 0 bridgehead atoms. The molecule has 0 aliphatic carbocycles. The van der Waals surface area contributed by atoms with Crippen LogP contribution in [0.1, 0.15) is 26.7 Å². The number of aliphatic carboxylic acids is 1. The highest BCUT2D eigenvalue weighted by Gasteiger charge is 2.21. The van der Waals surface area contributed by atoms with Gasteiger partial charge in [-0.3, -0.25) is 4.79 Å². The minimum absolute atomic E-state index is 0.00992. The molecule has 21 heavy (non-hydrogen) atoms. The minimum atomic E-state index is -1.03. The van der Waals surface area contributed by atoms with Gasteiger partial charge in [0.25, 0.3) is 5.91 Å². The molecular weight excluding hydrogens is 274 g/mol. The van der Waals surface area contributed by atoms with Gasteiger partial charge in [-0.15, -0.1) is 0 Å². The number of hydrogen-bond donors (Lipinski definition) is 3. The van der Waals surface area contributed by atoms with Gasteiger partial charge in [-0.2, -0.15) is 5.26 Å². The van der Waals surface area contributed by atoms with Crippen LogP contribution in [0.25, 0.3) is 0 Å². The summed E-state index contributed by atoms with van der Waals surface area (Å²) in [5.41, 5.74) is -0.153. The Labute approximate surface area is 124 Å². The van der Waals surface area contributed by atoms with Crippen LogP contribution in [0.5, 0.6) is 0 Å². The van der Waals surface area contributed by atoms with E-state index in [1.54, 1.807) is 19.9 Å². The average Bonchev–Trinajstić information content (AvgIpc) is 2.93. The van der Waals surface area contributed by atoms with Crippen LogP contribution in [0.15, 0.2) is 11.8 Å². The number of carboxylic acid groups (broad SMARTS) is 1. The van der Waals surface area contributed by atoms with Crippen LogP contribution < -0.4 is 10.6 Å². The standard InChI is InChI=1S/C14H21N3O4/c1-9(2)12(14(19)20)16-7-10(6-15)13(18)17-8-11-4-3-5-21-11/h7,9,11-12,16H,3-5,8H2,1-2H3,(H,17,18)(H,19,20)/b10-7-. The number of nitrogens with one attached hydrogen (secondary N) is 2. The average molecular weight is 295 g/mol. The van der Waals surface area contributed by atoms with Crippen LogP contribution in [-0.2, 0) is 14.3 Å². The van der Waals surface area contributed by atoms with Gasteiger partial charge in [-0.05, 0) is 18.8 Å². The normalized spacial score (nSPS) is 19.9. The second-order valence-corrected chi connectivity index (χ2v) is 5.24. The predicted octanol–water partition coefficient (Wildman–Crippen LogP) is 0.388. The van der Waals surface area contributed by atoms with Gasteiger partial charge >= 0.3 is 5.97 Å². The summed E-state index contributed by atoms with van der Waals surface area (Å²) in [6, 6.07) is 0.915. The molecule has 0 aromatic heterocycles. The Morgan fingerprint density at radius 1 is 1.52 bits per heavy atom. The molecule has 7 nitrogen and oxygen atoms in total. The second-order valence-electron chi connectivity index (χ2n) is 5.24. The van der Waals surface area contributed by atoms with E-state index < -0.39 is 17.9 Å². The Kier molecular flexibility index (Phi) is 6.69. The lowest BCUT2D eigenvalue weighted by Crippen LogP contribution is -2.39. The summed E-state index contributed by atoms with van der Waals surface area (Å²) in [7, 11) is 0. The van der Waals surface area contributed by atoms with Crippen LogP contribution in [0.2, 0.25) is 0 Å². The van der Waals surface area contributed by atoms with Crippen LogP contribution in [0.3, 0.4) is 0 Å². The first-order chi connectivity index (χ1) is 9.95.